The molecule has 62 valence electrons. The first kappa shape index (κ1) is 9.02. The third kappa shape index (κ3) is 1.57. The zero-order chi connectivity index (χ0) is 9.14. The Bertz CT molecular complexity index is 341. The second-order valence-corrected chi connectivity index (χ2v) is 2.89. The lowest BCUT2D eigenvalue weighted by molar-refractivity contribution is 0.617. The Morgan fingerprint density at radius 2 is 2.25 bits per heavy atom. The van der Waals surface area contributed by atoms with Gasteiger partial charge in [0.25, 0.3) is 0 Å². The van der Waals surface area contributed by atoms with Gasteiger partial charge < -0.3 is 0 Å². The monoisotopic (exact) mass is 183 g/mol. The Labute approximate surface area is 75.4 Å². The Balaban J connectivity index is 3.19. The van der Waals surface area contributed by atoms with E-state index >= 15 is 0 Å². The predicted octanol–water partition coefficient (Wildman–Crippen LogP) is 2.85. The van der Waals surface area contributed by atoms with Crippen LogP contribution in [0.25, 0.3) is 0 Å². The first-order valence-electron chi connectivity index (χ1n) is 3.47. The smallest absolute Gasteiger partial charge is 0.144 e. The summed E-state index contributed by atoms with van der Waals surface area (Å²) in [6.45, 7) is 1.62. The van der Waals surface area contributed by atoms with Crippen LogP contribution in [-0.4, -0.2) is 0 Å². The Hall–Kier alpha value is -1.07. The number of halogens is 2. The van der Waals surface area contributed by atoms with Gasteiger partial charge in [-0.1, -0.05) is 17.7 Å². The lowest BCUT2D eigenvalue weighted by atomic mass is 10.1. The molecule has 1 aromatic carbocycles. The topological polar surface area (TPSA) is 23.8 Å². The first-order chi connectivity index (χ1) is 5.66. The molecule has 0 radical (unpaired) electrons. The van der Waals surface area contributed by atoms with Crippen LogP contribution in [0.3, 0.4) is 0 Å². The molecule has 0 saturated carbocycles. The van der Waals surface area contributed by atoms with Crippen LogP contribution in [0.4, 0.5) is 4.39 Å². The van der Waals surface area contributed by atoms with Crippen LogP contribution >= 0.6 is 11.6 Å². The zero-order valence-corrected chi connectivity index (χ0v) is 7.32. The van der Waals surface area contributed by atoms with Crippen molar-refractivity contribution in [1.29, 1.82) is 5.26 Å². The predicted molar refractivity (Wildman–Crippen MR) is 45.5 cm³/mol. The molecule has 0 N–H and O–H groups in total. The minimum absolute atomic E-state index is 0.106. The van der Waals surface area contributed by atoms with Crippen molar-refractivity contribution in [3.05, 3.63) is 34.1 Å². The van der Waals surface area contributed by atoms with Crippen molar-refractivity contribution >= 4 is 11.6 Å². The molecule has 0 atom stereocenters. The maximum Gasteiger partial charge on any atom is 0.144 e. The van der Waals surface area contributed by atoms with Gasteiger partial charge in [0, 0.05) is 0 Å². The molecule has 0 aromatic heterocycles. The molecule has 12 heavy (non-hydrogen) atoms. The fourth-order valence-corrected chi connectivity index (χ4v) is 1.17. The van der Waals surface area contributed by atoms with Crippen molar-refractivity contribution in [1.82, 2.24) is 0 Å². The van der Waals surface area contributed by atoms with Gasteiger partial charge in [-0.25, -0.2) is 4.39 Å². The van der Waals surface area contributed by atoms with Crippen LogP contribution in [0.15, 0.2) is 12.1 Å². The maximum absolute atomic E-state index is 13.1. The van der Waals surface area contributed by atoms with Gasteiger partial charge >= 0.3 is 0 Å². The van der Waals surface area contributed by atoms with E-state index in [1.807, 2.05) is 6.07 Å². The van der Waals surface area contributed by atoms with E-state index in [0.29, 0.717) is 11.1 Å². The minimum atomic E-state index is -0.426. The summed E-state index contributed by atoms with van der Waals surface area (Å²) >= 11 is 5.53. The molecule has 0 aliphatic heterocycles. The van der Waals surface area contributed by atoms with Crippen LogP contribution in [-0.2, 0) is 6.42 Å². The number of hydrogen-bond acceptors (Lipinski definition) is 1. The molecule has 0 heterocycles. The van der Waals surface area contributed by atoms with E-state index in [-0.39, 0.29) is 11.4 Å². The lowest BCUT2D eigenvalue weighted by Gasteiger charge is -2.03. The SMILES string of the molecule is Cc1c(CC#N)ccc(Cl)c1F. The highest BCUT2D eigenvalue weighted by molar-refractivity contribution is 6.30. The Morgan fingerprint density at radius 1 is 1.58 bits per heavy atom. The molecule has 1 nitrogen and oxygen atoms in total. The lowest BCUT2D eigenvalue weighted by Crippen LogP contribution is -1.92. The quantitative estimate of drug-likeness (QED) is 0.657. The fourth-order valence-electron chi connectivity index (χ4n) is 0.969. The van der Waals surface area contributed by atoms with Crippen molar-refractivity contribution in [2.24, 2.45) is 0 Å². The number of nitrogens with zero attached hydrogens (tertiary/aromatic N) is 1. The van der Waals surface area contributed by atoms with Crippen LogP contribution in [0, 0.1) is 24.1 Å². The molecular weight excluding hydrogens is 177 g/mol. The van der Waals surface area contributed by atoms with Crippen molar-refractivity contribution in [2.45, 2.75) is 13.3 Å². The maximum atomic E-state index is 13.1. The number of rotatable bonds is 1. The van der Waals surface area contributed by atoms with Gasteiger partial charge in [0.15, 0.2) is 0 Å². The van der Waals surface area contributed by atoms with Gasteiger partial charge in [-0.15, -0.1) is 0 Å². The van der Waals surface area contributed by atoms with Gasteiger partial charge in [-0.2, -0.15) is 5.26 Å². The fraction of sp³-hybridized carbons (Fsp3) is 0.222. The summed E-state index contributed by atoms with van der Waals surface area (Å²) in [5.74, 6) is -0.426. The van der Waals surface area contributed by atoms with E-state index in [4.69, 9.17) is 16.9 Å². The number of nitriles is 1. The first-order valence-corrected chi connectivity index (χ1v) is 3.85. The largest absolute Gasteiger partial charge is 0.205 e. The summed E-state index contributed by atoms with van der Waals surface area (Å²) < 4.78 is 13.1. The number of hydrogen-bond donors (Lipinski definition) is 0. The third-order valence-electron chi connectivity index (χ3n) is 1.72. The molecule has 0 amide bonds. The van der Waals surface area contributed by atoms with Crippen molar-refractivity contribution in [3.63, 3.8) is 0 Å². The molecule has 0 aliphatic carbocycles. The summed E-state index contributed by atoms with van der Waals surface area (Å²) in [6.07, 6.45) is 0.222. The average Bonchev–Trinajstić information content (AvgIpc) is 2.07. The van der Waals surface area contributed by atoms with E-state index < -0.39 is 5.82 Å². The van der Waals surface area contributed by atoms with Gasteiger partial charge in [-0.05, 0) is 24.1 Å². The van der Waals surface area contributed by atoms with Gasteiger partial charge in [0.05, 0.1) is 17.5 Å². The summed E-state index contributed by atoms with van der Waals surface area (Å²) in [7, 11) is 0. The molecule has 0 saturated heterocycles. The van der Waals surface area contributed by atoms with Gasteiger partial charge in [0.1, 0.15) is 5.82 Å². The van der Waals surface area contributed by atoms with E-state index in [0.717, 1.165) is 0 Å². The molecule has 0 spiro atoms. The van der Waals surface area contributed by atoms with E-state index in [9.17, 15) is 4.39 Å². The molecule has 1 rings (SSSR count). The minimum Gasteiger partial charge on any atom is -0.205 e. The molecule has 0 unspecified atom stereocenters. The Morgan fingerprint density at radius 3 is 2.83 bits per heavy atom. The van der Waals surface area contributed by atoms with Gasteiger partial charge in [-0.3, -0.25) is 0 Å². The molecular formula is C9H7ClFN. The van der Waals surface area contributed by atoms with E-state index in [1.165, 1.54) is 6.07 Å². The molecule has 0 aliphatic rings. The van der Waals surface area contributed by atoms with Crippen molar-refractivity contribution < 1.29 is 4.39 Å². The summed E-state index contributed by atoms with van der Waals surface area (Å²) in [5.41, 5.74) is 1.16. The third-order valence-corrected chi connectivity index (χ3v) is 2.01. The summed E-state index contributed by atoms with van der Waals surface area (Å²) in [4.78, 5) is 0. The van der Waals surface area contributed by atoms with Crippen LogP contribution in [0.2, 0.25) is 5.02 Å². The Kier molecular flexibility index (Phi) is 2.67. The molecule has 0 bridgehead atoms. The standard InChI is InChI=1S/C9H7ClFN/c1-6-7(4-5-12)2-3-8(10)9(6)11/h2-3H,4H2,1H3. The number of benzene rings is 1. The molecule has 3 heteroatoms. The highest BCUT2D eigenvalue weighted by atomic mass is 35.5. The van der Waals surface area contributed by atoms with Crippen molar-refractivity contribution in [2.75, 3.05) is 0 Å². The second-order valence-electron chi connectivity index (χ2n) is 2.48. The summed E-state index contributed by atoms with van der Waals surface area (Å²) in [6, 6.07) is 5.10. The van der Waals surface area contributed by atoms with Gasteiger partial charge in [0.2, 0.25) is 0 Å². The van der Waals surface area contributed by atoms with Crippen molar-refractivity contribution in [3.8, 4) is 6.07 Å². The van der Waals surface area contributed by atoms with Crippen LogP contribution in [0.5, 0.6) is 0 Å². The van der Waals surface area contributed by atoms with Crippen LogP contribution in [0.1, 0.15) is 11.1 Å². The average molecular weight is 184 g/mol. The molecule has 0 fully saturated rings. The van der Waals surface area contributed by atoms with Crippen LogP contribution < -0.4 is 0 Å². The summed E-state index contributed by atoms with van der Waals surface area (Å²) in [5, 5.41) is 8.50. The highest BCUT2D eigenvalue weighted by Crippen LogP contribution is 2.20. The normalized spacial score (nSPS) is 9.50. The highest BCUT2D eigenvalue weighted by Gasteiger charge is 2.06. The zero-order valence-electron chi connectivity index (χ0n) is 6.56. The molecule has 1 aromatic rings. The van der Waals surface area contributed by atoms with E-state index in [2.05, 4.69) is 0 Å². The second kappa shape index (κ2) is 3.55. The van der Waals surface area contributed by atoms with E-state index in [1.54, 1.807) is 13.0 Å².